The van der Waals surface area contributed by atoms with E-state index in [9.17, 15) is 24.2 Å². The van der Waals surface area contributed by atoms with Gasteiger partial charge in [0.05, 0.1) is 13.2 Å². The molecule has 0 aliphatic carbocycles. The predicted octanol–water partition coefficient (Wildman–Crippen LogP) is 8.20. The Morgan fingerprint density at radius 1 is 0.733 bits per heavy atom. The van der Waals surface area contributed by atoms with Crippen LogP contribution in [0.25, 0.3) is 0 Å². The molecule has 0 aromatic heterocycles. The van der Waals surface area contributed by atoms with Crippen LogP contribution in [-0.4, -0.2) is 58.1 Å². The van der Waals surface area contributed by atoms with Crippen molar-refractivity contribution in [2.45, 2.75) is 181 Å². The highest BCUT2D eigenvalue weighted by Crippen LogP contribution is 2.48. The lowest BCUT2D eigenvalue weighted by atomic mass is 9.87. The van der Waals surface area contributed by atoms with Crippen molar-refractivity contribution in [1.82, 2.24) is 0 Å². The largest absolute Gasteiger partial charge is 0.473 e. The van der Waals surface area contributed by atoms with Crippen molar-refractivity contribution in [1.29, 1.82) is 0 Å². The van der Waals surface area contributed by atoms with E-state index >= 15 is 0 Å². The molecule has 0 fully saturated rings. The van der Waals surface area contributed by atoms with Crippen molar-refractivity contribution in [2.24, 2.45) is 17.6 Å². The van der Waals surface area contributed by atoms with Gasteiger partial charge < -0.3 is 20.8 Å². The summed E-state index contributed by atoms with van der Waals surface area (Å²) in [5, 5.41) is 18.5. The molecule has 45 heavy (non-hydrogen) atoms. The van der Waals surface area contributed by atoms with Gasteiger partial charge in [-0.15, -0.1) is 0 Å². The van der Waals surface area contributed by atoms with Gasteiger partial charge in [-0.1, -0.05) is 143 Å². The molecule has 4 unspecified atom stereocenters. The zero-order valence-corrected chi connectivity index (χ0v) is 30.2. The summed E-state index contributed by atoms with van der Waals surface area (Å²) >= 11 is 0. The third-order valence-corrected chi connectivity index (χ3v) is 9.85. The smallest absolute Gasteiger partial charge is 0.394 e. The molecule has 4 atom stereocenters. The van der Waals surface area contributed by atoms with Gasteiger partial charge in [-0.2, -0.15) is 0 Å². The lowest BCUT2D eigenvalue weighted by Gasteiger charge is -2.31. The van der Waals surface area contributed by atoms with Crippen molar-refractivity contribution in [2.75, 3.05) is 19.8 Å². The molecule has 0 amide bonds. The Bertz CT molecular complexity index is 796. The average Bonchev–Trinajstić information content (AvgIpc) is 3.01. The normalized spacial score (nSPS) is 15.9. The predicted molar refractivity (Wildman–Crippen MR) is 183 cm³/mol. The first-order valence-corrected chi connectivity index (χ1v) is 19.7. The number of unbranched alkanes of at least 4 members (excludes halogenated alkanes) is 15. The first-order valence-electron chi connectivity index (χ1n) is 18.2. The van der Waals surface area contributed by atoms with Crippen LogP contribution in [0.4, 0.5) is 0 Å². The van der Waals surface area contributed by atoms with E-state index in [4.69, 9.17) is 19.9 Å². The fourth-order valence-corrected chi connectivity index (χ4v) is 6.59. The van der Waals surface area contributed by atoms with E-state index in [1.54, 1.807) is 0 Å². The number of hydrogen-bond donors (Lipinski definition) is 4. The van der Waals surface area contributed by atoms with Gasteiger partial charge in [0.1, 0.15) is 6.10 Å². The van der Waals surface area contributed by atoms with Crippen LogP contribution in [0.1, 0.15) is 169 Å². The minimum Gasteiger partial charge on any atom is -0.394 e. The van der Waals surface area contributed by atoms with Gasteiger partial charge in [-0.05, 0) is 24.7 Å². The topological polar surface area (TPSA) is 156 Å². The molecule has 5 N–H and O–H groups in total. The van der Waals surface area contributed by atoms with E-state index in [1.165, 1.54) is 64.2 Å². The van der Waals surface area contributed by atoms with Crippen molar-refractivity contribution in [3.05, 3.63) is 0 Å². The molecule has 0 bridgehead atoms. The lowest BCUT2D eigenvalue weighted by molar-refractivity contribution is -0.149. The summed E-state index contributed by atoms with van der Waals surface area (Å²) in [6, 6.07) is 0. The van der Waals surface area contributed by atoms with Crippen LogP contribution in [-0.2, 0) is 23.2 Å². The second-order valence-electron chi connectivity index (χ2n) is 13.6. The molecule has 0 saturated carbocycles. The van der Waals surface area contributed by atoms with Crippen LogP contribution in [0.3, 0.4) is 0 Å². The minimum atomic E-state index is -4.94. The number of carbonyl (C=O) groups excluding carboxylic acids is 2. The molecule has 0 spiro atoms. The van der Waals surface area contributed by atoms with Crippen LogP contribution < -0.4 is 5.73 Å². The van der Waals surface area contributed by atoms with Crippen molar-refractivity contribution < 1.29 is 38.3 Å². The maximum absolute atomic E-state index is 13.4. The maximum Gasteiger partial charge on any atom is 0.473 e. The molecule has 0 aliphatic rings. The molecule has 0 aliphatic heterocycles. The number of ketones is 2. The zero-order chi connectivity index (χ0) is 34.0. The van der Waals surface area contributed by atoms with Gasteiger partial charge in [0.2, 0.25) is 5.60 Å². The Morgan fingerprint density at radius 2 is 1.13 bits per heavy atom. The number of rotatable bonds is 33. The second kappa shape index (κ2) is 27.3. The fraction of sp³-hybridized carbons (Fsp3) is 0.943. The number of phosphoric ester groups is 1. The van der Waals surface area contributed by atoms with Crippen molar-refractivity contribution in [3.8, 4) is 0 Å². The SMILES string of the molecule is CCC(C)CCCCCCCCCCC(=O)C(CN)(OP(=O)(O)OCC(O)CO)C(=O)CCCCCCCCCCCC(C)C. The Morgan fingerprint density at radius 3 is 1.51 bits per heavy atom. The summed E-state index contributed by atoms with van der Waals surface area (Å²) in [5.74, 6) is 0.328. The maximum atomic E-state index is 13.4. The van der Waals surface area contributed by atoms with Crippen molar-refractivity contribution >= 4 is 19.4 Å². The summed E-state index contributed by atoms with van der Waals surface area (Å²) in [4.78, 5) is 37.2. The van der Waals surface area contributed by atoms with Gasteiger partial charge in [0, 0.05) is 19.4 Å². The van der Waals surface area contributed by atoms with Crippen LogP contribution >= 0.6 is 7.82 Å². The fourth-order valence-electron chi connectivity index (χ4n) is 5.50. The van der Waals surface area contributed by atoms with E-state index in [1.807, 2.05) is 0 Å². The lowest BCUT2D eigenvalue weighted by Crippen LogP contribution is -2.54. The monoisotopic (exact) mass is 663 g/mol. The molecule has 9 nitrogen and oxygen atoms in total. The first-order chi connectivity index (χ1) is 21.4. The highest BCUT2D eigenvalue weighted by Gasteiger charge is 2.49. The molecule has 10 heteroatoms. The minimum absolute atomic E-state index is 0.00821. The van der Waals surface area contributed by atoms with E-state index in [2.05, 4.69) is 27.7 Å². The van der Waals surface area contributed by atoms with Gasteiger partial charge in [-0.3, -0.25) is 18.6 Å². The first kappa shape index (κ1) is 44.3. The van der Waals surface area contributed by atoms with E-state index < -0.39 is 50.9 Å². The molecule has 268 valence electrons. The third kappa shape index (κ3) is 22.5. The number of carbonyl (C=O) groups is 2. The summed E-state index contributed by atoms with van der Waals surface area (Å²) in [5.41, 5.74) is 3.65. The summed E-state index contributed by atoms with van der Waals surface area (Å²) in [7, 11) is -4.94. The van der Waals surface area contributed by atoms with Gasteiger partial charge in [0.25, 0.3) is 0 Å². The van der Waals surface area contributed by atoms with Crippen LogP contribution in [0.2, 0.25) is 0 Å². The third-order valence-electron chi connectivity index (χ3n) is 8.83. The Balaban J connectivity index is 4.82. The number of hydrogen-bond acceptors (Lipinski definition) is 8. The highest BCUT2D eigenvalue weighted by atomic mass is 31.2. The quantitative estimate of drug-likeness (QED) is 0.0309. The van der Waals surface area contributed by atoms with Crippen LogP contribution in [0, 0.1) is 11.8 Å². The molecule has 0 saturated heterocycles. The highest BCUT2D eigenvalue weighted by molar-refractivity contribution is 7.47. The number of Topliss-reactive ketones (excluding diaryl/α,β-unsaturated/α-hetero) is 2. The molecule has 0 radical (unpaired) electrons. The van der Waals surface area contributed by atoms with E-state index in [-0.39, 0.29) is 12.8 Å². The Kier molecular flexibility index (Phi) is 26.9. The van der Waals surface area contributed by atoms with Gasteiger partial charge >= 0.3 is 7.82 Å². The molecule has 0 rings (SSSR count). The summed E-state index contributed by atoms with van der Waals surface area (Å²) in [6.07, 6.45) is 20.3. The van der Waals surface area contributed by atoms with Crippen LogP contribution in [0.15, 0.2) is 0 Å². The second-order valence-corrected chi connectivity index (χ2v) is 14.9. The zero-order valence-electron chi connectivity index (χ0n) is 29.3. The Hall–Kier alpha value is -0.670. The van der Waals surface area contributed by atoms with Crippen LogP contribution in [0.5, 0.6) is 0 Å². The molecular formula is C35H70NO8P. The average molecular weight is 664 g/mol. The Labute approximate surface area is 275 Å². The van der Waals surface area contributed by atoms with E-state index in [0.717, 1.165) is 63.2 Å². The summed E-state index contributed by atoms with van der Waals surface area (Å²) in [6.45, 7) is 7.09. The van der Waals surface area contributed by atoms with E-state index in [0.29, 0.717) is 12.8 Å². The number of aliphatic hydroxyl groups is 2. The number of aliphatic hydroxyl groups excluding tert-OH is 2. The van der Waals surface area contributed by atoms with Gasteiger partial charge in [-0.25, -0.2) is 4.57 Å². The summed E-state index contributed by atoms with van der Waals surface area (Å²) < 4.78 is 22.8. The molecular weight excluding hydrogens is 593 g/mol. The number of phosphoric acid groups is 1. The molecule has 0 aromatic rings. The molecule has 0 heterocycles. The van der Waals surface area contributed by atoms with Gasteiger partial charge in [0.15, 0.2) is 11.6 Å². The number of nitrogens with two attached hydrogens (primary N) is 1. The van der Waals surface area contributed by atoms with Crippen molar-refractivity contribution in [3.63, 3.8) is 0 Å². The molecule has 0 aromatic carbocycles. The standard InChI is InChI=1S/C35H70NO8P/c1-5-31(4)24-20-16-12-9-10-14-18-22-26-34(40)35(29-36,44-45(41,42)43-28-32(38)27-37)33(39)25-21-17-13-8-6-7-11-15-19-23-30(2)3/h30-32,37-38H,5-29,36H2,1-4H3,(H,41,42).